The second kappa shape index (κ2) is 18.8. The van der Waals surface area contributed by atoms with Gasteiger partial charge < -0.3 is 8.83 Å². The summed E-state index contributed by atoms with van der Waals surface area (Å²) in [5.41, 5.74) is -10.7. The SMILES string of the molecule is [2H]c1c([2H])c([2H])c(-c2c([2H])c([2H])c3oc4c([2H])c([2H])c([2H])c(-c5c6c([2H])c([2H])c([2H])c([2H])c6c(-c6c([2H])c([2H])c([2H])c([2H])c6[2H])c6c([2H])c([2H])c([2H])c([2H])c56)c4c3c2[2H])c([2H])c1[2H].[2H]c1c([2H])c([2H])c(-c2c3c([2H])c([2H])c([2H])c([2H])c3c(-c3c([2H])c([2H])c([2H])c4oc5c([2H])c([2H])c([2H])c(-c6c([2H])c([2H])c([2H])c([2H])c6[2H])c5c34)c3c([2H])c([2H])c([2H])c([2H])c23)c([2H])c1[2H]. The summed E-state index contributed by atoms with van der Waals surface area (Å²) in [4.78, 5) is 0. The monoisotopic (exact) mass is 1040 g/mol. The lowest BCUT2D eigenvalue weighted by molar-refractivity contribution is 0.668. The molecule has 2 heterocycles. The predicted octanol–water partition coefficient (Wildman–Crippen LogP) is 21.8. The van der Waals surface area contributed by atoms with E-state index in [1.807, 2.05) is 0 Å². The average Bonchev–Trinajstić information content (AvgIpc) is 1.07. The summed E-state index contributed by atoms with van der Waals surface area (Å²) in [7, 11) is 0. The van der Waals surface area contributed by atoms with Gasteiger partial charge in [-0.15, -0.1) is 0 Å². The second-order valence-electron chi connectivity index (χ2n) is 16.5. The average molecular weight is 1040 g/mol. The zero-order chi connectivity index (χ0) is 93.3. The Morgan fingerprint density at radius 3 is 0.949 bits per heavy atom. The van der Waals surface area contributed by atoms with Crippen LogP contribution in [0.2, 0.25) is 0 Å². The molecule has 16 aromatic rings. The molecule has 0 bridgehead atoms. The molecular formula is C76H48O2. The lowest BCUT2D eigenvalue weighted by atomic mass is 9.84. The summed E-state index contributed by atoms with van der Waals surface area (Å²) >= 11 is 0. The molecule has 16 rings (SSSR count). The molecule has 0 saturated heterocycles. The minimum Gasteiger partial charge on any atom is -0.456 e. The largest absolute Gasteiger partial charge is 0.456 e. The summed E-state index contributed by atoms with van der Waals surface area (Å²) in [5, 5.41) is -7.54. The molecule has 0 fully saturated rings. The van der Waals surface area contributed by atoms with E-state index in [2.05, 4.69) is 0 Å². The predicted molar refractivity (Wildman–Crippen MR) is 330 cm³/mol. The van der Waals surface area contributed by atoms with E-state index in [1.54, 1.807) is 0 Å². The highest BCUT2D eigenvalue weighted by molar-refractivity contribution is 6.28. The molecule has 0 atom stereocenters. The summed E-state index contributed by atoms with van der Waals surface area (Å²) in [6.07, 6.45) is 0. The highest BCUT2D eigenvalue weighted by Gasteiger charge is 2.23. The fraction of sp³-hybridized carbons (Fsp3) is 0. The van der Waals surface area contributed by atoms with Gasteiger partial charge in [0.05, 0.1) is 65.8 Å². The lowest BCUT2D eigenvalue weighted by Gasteiger charge is -2.18. The molecule has 2 heteroatoms. The molecule has 0 saturated carbocycles. The Balaban J connectivity index is 0.000000194. The van der Waals surface area contributed by atoms with Crippen molar-refractivity contribution in [2.45, 2.75) is 0 Å². The first-order valence-electron chi connectivity index (χ1n) is 46.8. The molecule has 78 heavy (non-hydrogen) atoms. The smallest absolute Gasteiger partial charge is 0.136 e. The zero-order valence-corrected chi connectivity index (χ0v) is 38.8. The van der Waals surface area contributed by atoms with Crippen molar-refractivity contribution in [2.24, 2.45) is 0 Å². The van der Waals surface area contributed by atoms with E-state index < -0.39 is 444 Å². The van der Waals surface area contributed by atoms with Gasteiger partial charge in [-0.2, -0.15) is 0 Å². The van der Waals surface area contributed by atoms with Crippen molar-refractivity contribution in [2.75, 3.05) is 0 Å². The number of rotatable bonds is 6. The number of furan rings is 2. The molecule has 0 unspecified atom stereocenters. The van der Waals surface area contributed by atoms with Gasteiger partial charge >= 0.3 is 0 Å². The van der Waals surface area contributed by atoms with Crippen LogP contribution in [0.5, 0.6) is 0 Å². The third kappa shape index (κ3) is 7.41. The van der Waals surface area contributed by atoms with E-state index >= 15 is 0 Å². The van der Waals surface area contributed by atoms with Crippen molar-refractivity contribution in [3.63, 3.8) is 0 Å². The first-order chi connectivity index (χ1) is 58.7. The minimum absolute atomic E-state index is 0.538. The first-order valence-corrected chi connectivity index (χ1v) is 22.8. The first kappa shape index (κ1) is 17.9. The number of fused-ring (bicyclic) bond motifs is 10. The van der Waals surface area contributed by atoms with Crippen LogP contribution in [0.4, 0.5) is 0 Å². The topological polar surface area (TPSA) is 26.3 Å². The maximum Gasteiger partial charge on any atom is 0.136 e. The van der Waals surface area contributed by atoms with Gasteiger partial charge in [-0.05, 0) is 140 Å². The molecular weight excluding hydrogens is 945 g/mol. The molecule has 14 aromatic carbocycles. The van der Waals surface area contributed by atoms with Crippen molar-refractivity contribution in [3.8, 4) is 66.8 Å². The number of hydrogen-bond donors (Lipinski definition) is 0. The van der Waals surface area contributed by atoms with Gasteiger partial charge in [0.2, 0.25) is 0 Å². The van der Waals surface area contributed by atoms with Crippen LogP contribution in [0.25, 0.3) is 154 Å². The van der Waals surface area contributed by atoms with Crippen LogP contribution >= 0.6 is 0 Å². The molecule has 0 amide bonds. The zero-order valence-electron chi connectivity index (χ0n) is 86.8. The summed E-state index contributed by atoms with van der Waals surface area (Å²) in [6.45, 7) is 0. The van der Waals surface area contributed by atoms with E-state index in [4.69, 9.17) is 59.6 Å². The van der Waals surface area contributed by atoms with E-state index in [9.17, 15) is 15.1 Å². The molecule has 0 N–H and O–H groups in total. The van der Waals surface area contributed by atoms with Gasteiger partial charge in [0, 0.05) is 21.5 Å². The molecule has 0 aliphatic carbocycles. The Morgan fingerprint density at radius 2 is 0.513 bits per heavy atom. The van der Waals surface area contributed by atoms with E-state index in [1.165, 1.54) is 0 Å². The van der Waals surface area contributed by atoms with Gasteiger partial charge in [0.15, 0.2) is 0 Å². The van der Waals surface area contributed by atoms with Crippen LogP contribution in [-0.4, -0.2) is 0 Å². The Bertz CT molecular complexity index is 7640. The van der Waals surface area contributed by atoms with Crippen LogP contribution in [0.3, 0.4) is 0 Å². The quantitative estimate of drug-likeness (QED) is 0.155. The van der Waals surface area contributed by atoms with E-state index in [0.29, 0.717) is 0 Å². The fourth-order valence-corrected chi connectivity index (χ4v) is 9.40. The van der Waals surface area contributed by atoms with Crippen molar-refractivity contribution in [1.82, 2.24) is 0 Å². The Kier molecular flexibility index (Phi) is 4.32. The maximum absolute atomic E-state index is 9.50. The van der Waals surface area contributed by atoms with Crippen LogP contribution in [0, 0.1) is 0 Å². The van der Waals surface area contributed by atoms with Gasteiger partial charge in [-0.3, -0.25) is 0 Å². The Hall–Kier alpha value is -10.3. The molecule has 364 valence electrons. The minimum atomic E-state index is -0.965. The van der Waals surface area contributed by atoms with Gasteiger partial charge in [0.1, 0.15) is 22.3 Å². The van der Waals surface area contributed by atoms with Crippen LogP contribution < -0.4 is 0 Å². The van der Waals surface area contributed by atoms with E-state index in [0.717, 1.165) is 0 Å². The van der Waals surface area contributed by atoms with Gasteiger partial charge in [-0.25, -0.2) is 0 Å². The summed E-state index contributed by atoms with van der Waals surface area (Å²) < 4.78 is 435. The maximum atomic E-state index is 9.50. The van der Waals surface area contributed by atoms with Crippen molar-refractivity contribution in [1.29, 1.82) is 0 Å². The lowest BCUT2D eigenvalue weighted by Crippen LogP contribution is -1.91. The van der Waals surface area contributed by atoms with Crippen molar-refractivity contribution in [3.05, 3.63) is 290 Å². The molecule has 0 aliphatic heterocycles. The van der Waals surface area contributed by atoms with Gasteiger partial charge in [0.25, 0.3) is 0 Å². The normalized spacial score (nSPS) is 20.2. The molecule has 0 spiro atoms. The summed E-state index contributed by atoms with van der Waals surface area (Å²) in [6, 6.07) is -43.3. The van der Waals surface area contributed by atoms with Crippen LogP contribution in [-0.2, 0) is 0 Å². The van der Waals surface area contributed by atoms with Crippen molar-refractivity contribution < 1.29 is 74.6 Å². The van der Waals surface area contributed by atoms with Gasteiger partial charge in [-0.1, -0.05) is 260 Å². The number of benzene rings is 14. The third-order valence-corrected chi connectivity index (χ3v) is 12.5. The molecule has 2 aromatic heterocycles. The second-order valence-corrected chi connectivity index (χ2v) is 16.5. The highest BCUT2D eigenvalue weighted by Crippen LogP contribution is 2.50. The van der Waals surface area contributed by atoms with Crippen molar-refractivity contribution >= 4 is 87.0 Å². The standard InChI is InChI=1S/2C38H24O/c1-3-13-25(14-4-1)27-21-11-23-33-37(27)38-32(22-12-24-34(38)39-33)36-30-19-9-7-17-28(30)35(26-15-5-2-6-16-26)29-18-8-10-20-31(29)36;1-3-12-25(13-4-1)27-22-23-34-33(24-27)38-32(20-11-21-35(38)39-34)37-30-18-9-7-16-28(30)36(26-14-5-2-6-15-26)29-17-8-10-19-31(29)37/h2*1-24H/i2*1D,2D,3D,4D,5D,6D,7D,8D,9D,10D,11D,12D,13D,14D,15D,16D,17D,18D,19D,20D,21D,22D,23D,24D. The molecule has 0 aliphatic rings. The van der Waals surface area contributed by atoms with Crippen LogP contribution in [0.15, 0.2) is 299 Å². The third-order valence-electron chi connectivity index (χ3n) is 12.5. The summed E-state index contributed by atoms with van der Waals surface area (Å²) in [5.74, 6) is 0. The molecule has 0 radical (unpaired) electrons. The van der Waals surface area contributed by atoms with E-state index in [-0.39, 0.29) is 0 Å². The Labute approximate surface area is 518 Å². The Morgan fingerprint density at radius 1 is 0.192 bits per heavy atom. The fourth-order valence-electron chi connectivity index (χ4n) is 9.40. The molecule has 2 nitrogen and oxygen atoms in total. The highest BCUT2D eigenvalue weighted by atomic mass is 16.3. The number of hydrogen-bond acceptors (Lipinski definition) is 2. The van der Waals surface area contributed by atoms with Crippen LogP contribution in [0.1, 0.15) is 65.8 Å².